The van der Waals surface area contributed by atoms with E-state index in [9.17, 15) is 10.2 Å². The van der Waals surface area contributed by atoms with Gasteiger partial charge in [0.25, 0.3) is 0 Å². The summed E-state index contributed by atoms with van der Waals surface area (Å²) < 4.78 is 0. The highest BCUT2D eigenvalue weighted by Gasteiger charge is 2.25. The smallest absolute Gasteiger partial charge is 0.0992 e. The molecule has 1 aromatic rings. The van der Waals surface area contributed by atoms with E-state index >= 15 is 0 Å². The first-order valence-electron chi connectivity index (χ1n) is 6.77. The average molecular weight is 260 g/mol. The summed E-state index contributed by atoms with van der Waals surface area (Å²) >= 11 is 0. The Bertz CT molecular complexity index is 480. The first-order valence-corrected chi connectivity index (χ1v) is 6.77. The Morgan fingerprint density at radius 3 is 2.89 bits per heavy atom. The van der Waals surface area contributed by atoms with Crippen LogP contribution in [0.5, 0.6) is 0 Å². The van der Waals surface area contributed by atoms with Crippen molar-refractivity contribution < 1.29 is 10.2 Å². The van der Waals surface area contributed by atoms with Crippen LogP contribution in [-0.2, 0) is 0 Å². The molecule has 1 fully saturated rings. The molecule has 4 heteroatoms. The van der Waals surface area contributed by atoms with E-state index in [0.29, 0.717) is 5.56 Å². The molecule has 2 unspecified atom stereocenters. The second kappa shape index (κ2) is 6.05. The maximum absolute atomic E-state index is 9.89. The molecule has 2 atom stereocenters. The minimum atomic E-state index is -0.580. The predicted octanol–water partition coefficient (Wildman–Crippen LogP) is 1.96. The molecule has 1 aliphatic heterocycles. The van der Waals surface area contributed by atoms with Gasteiger partial charge in [-0.1, -0.05) is 6.07 Å². The molecular formula is C15H20N2O2. The lowest BCUT2D eigenvalue weighted by atomic mass is 9.98. The van der Waals surface area contributed by atoms with Crippen molar-refractivity contribution in [2.75, 3.05) is 18.1 Å². The minimum Gasteiger partial charge on any atom is -0.394 e. The van der Waals surface area contributed by atoms with Crippen LogP contribution >= 0.6 is 0 Å². The van der Waals surface area contributed by atoms with Crippen molar-refractivity contribution in [1.82, 2.24) is 0 Å². The van der Waals surface area contributed by atoms with Crippen LogP contribution in [0.1, 0.15) is 43.4 Å². The van der Waals surface area contributed by atoms with Gasteiger partial charge in [-0.2, -0.15) is 5.26 Å². The zero-order valence-electron chi connectivity index (χ0n) is 11.2. The first kappa shape index (κ1) is 13.9. The third kappa shape index (κ3) is 2.89. The minimum absolute atomic E-state index is 0.0835. The molecule has 0 bridgehead atoms. The molecule has 4 nitrogen and oxygen atoms in total. The third-order valence-electron chi connectivity index (χ3n) is 3.76. The van der Waals surface area contributed by atoms with Gasteiger partial charge >= 0.3 is 0 Å². The van der Waals surface area contributed by atoms with Gasteiger partial charge < -0.3 is 15.1 Å². The standard InChI is InChI=1S/C15H20N2O2/c1-11(19)14-6-5-12(9-16)8-15(14)17-7-3-2-4-13(17)10-18/h5-6,8,11,13,18-19H,2-4,7,10H2,1H3. The third-order valence-corrected chi connectivity index (χ3v) is 3.76. The number of aliphatic hydroxyl groups is 2. The fraction of sp³-hybridized carbons (Fsp3) is 0.533. The molecular weight excluding hydrogens is 240 g/mol. The highest BCUT2D eigenvalue weighted by molar-refractivity contribution is 5.59. The first-order chi connectivity index (χ1) is 9.17. The molecule has 0 saturated carbocycles. The monoisotopic (exact) mass is 260 g/mol. The average Bonchev–Trinajstić information content (AvgIpc) is 2.46. The summed E-state index contributed by atoms with van der Waals surface area (Å²) in [7, 11) is 0. The molecule has 0 spiro atoms. The van der Waals surface area contributed by atoms with E-state index in [4.69, 9.17) is 5.26 Å². The molecule has 2 N–H and O–H groups in total. The van der Waals surface area contributed by atoms with Crippen molar-refractivity contribution in [3.63, 3.8) is 0 Å². The fourth-order valence-corrected chi connectivity index (χ4v) is 2.72. The zero-order valence-corrected chi connectivity index (χ0v) is 11.2. The van der Waals surface area contributed by atoms with Crippen LogP contribution in [0.3, 0.4) is 0 Å². The summed E-state index contributed by atoms with van der Waals surface area (Å²) in [6.07, 6.45) is 2.56. The number of nitrogens with zero attached hydrogens (tertiary/aromatic N) is 2. The lowest BCUT2D eigenvalue weighted by molar-refractivity contribution is 0.198. The van der Waals surface area contributed by atoms with Crippen molar-refractivity contribution in [3.05, 3.63) is 29.3 Å². The summed E-state index contributed by atoms with van der Waals surface area (Å²) in [6, 6.07) is 7.57. The molecule has 0 radical (unpaired) electrons. The molecule has 19 heavy (non-hydrogen) atoms. The van der Waals surface area contributed by atoms with Gasteiger partial charge in [-0.3, -0.25) is 0 Å². The highest BCUT2D eigenvalue weighted by Crippen LogP contribution is 2.32. The van der Waals surface area contributed by atoms with Crippen molar-refractivity contribution >= 4 is 5.69 Å². The summed E-state index contributed by atoms with van der Waals surface area (Å²) in [5, 5.41) is 28.4. The van der Waals surface area contributed by atoms with Gasteiger partial charge in [-0.05, 0) is 38.3 Å². The summed E-state index contributed by atoms with van der Waals surface area (Å²) in [5.41, 5.74) is 2.29. The van der Waals surface area contributed by atoms with Crippen LogP contribution in [0, 0.1) is 11.3 Å². The van der Waals surface area contributed by atoms with Gasteiger partial charge in [0.15, 0.2) is 0 Å². The fourth-order valence-electron chi connectivity index (χ4n) is 2.72. The Labute approximate surface area is 113 Å². The van der Waals surface area contributed by atoms with Crippen LogP contribution in [0.4, 0.5) is 5.69 Å². The molecule has 0 amide bonds. The predicted molar refractivity (Wildman–Crippen MR) is 73.9 cm³/mol. The van der Waals surface area contributed by atoms with Gasteiger partial charge in [0, 0.05) is 17.8 Å². The molecule has 0 aromatic heterocycles. The Kier molecular flexibility index (Phi) is 4.41. The Morgan fingerprint density at radius 1 is 1.47 bits per heavy atom. The van der Waals surface area contributed by atoms with Gasteiger partial charge in [-0.15, -0.1) is 0 Å². The number of piperidine rings is 1. The van der Waals surface area contributed by atoms with Gasteiger partial charge in [0.2, 0.25) is 0 Å². The number of nitriles is 1. The quantitative estimate of drug-likeness (QED) is 0.872. The second-order valence-electron chi connectivity index (χ2n) is 5.09. The van der Waals surface area contributed by atoms with Gasteiger partial charge in [0.05, 0.1) is 30.4 Å². The van der Waals surface area contributed by atoms with E-state index in [1.807, 2.05) is 12.1 Å². The van der Waals surface area contributed by atoms with E-state index in [1.165, 1.54) is 0 Å². The normalized spacial score (nSPS) is 20.9. The van der Waals surface area contributed by atoms with E-state index in [2.05, 4.69) is 11.0 Å². The van der Waals surface area contributed by atoms with Crippen molar-refractivity contribution in [3.8, 4) is 6.07 Å². The number of hydrogen-bond acceptors (Lipinski definition) is 4. The number of anilines is 1. The van der Waals surface area contributed by atoms with E-state index in [0.717, 1.165) is 37.1 Å². The molecule has 1 aliphatic rings. The second-order valence-corrected chi connectivity index (χ2v) is 5.09. The maximum atomic E-state index is 9.89. The Morgan fingerprint density at radius 2 is 2.26 bits per heavy atom. The van der Waals surface area contributed by atoms with Crippen molar-refractivity contribution in [1.29, 1.82) is 5.26 Å². The molecule has 0 aliphatic carbocycles. The van der Waals surface area contributed by atoms with Crippen LogP contribution in [0.15, 0.2) is 18.2 Å². The summed E-state index contributed by atoms with van der Waals surface area (Å²) in [4.78, 5) is 2.13. The van der Waals surface area contributed by atoms with Crippen LogP contribution in [-0.4, -0.2) is 29.4 Å². The molecule has 1 heterocycles. The van der Waals surface area contributed by atoms with E-state index in [-0.39, 0.29) is 12.6 Å². The van der Waals surface area contributed by atoms with Crippen LogP contribution in [0.25, 0.3) is 0 Å². The molecule has 102 valence electrons. The molecule has 2 rings (SSSR count). The Hall–Kier alpha value is -1.57. The maximum Gasteiger partial charge on any atom is 0.0992 e. The lowest BCUT2D eigenvalue weighted by Gasteiger charge is -2.38. The number of hydrogen-bond donors (Lipinski definition) is 2. The van der Waals surface area contributed by atoms with Gasteiger partial charge in [0.1, 0.15) is 0 Å². The number of benzene rings is 1. The topological polar surface area (TPSA) is 67.5 Å². The van der Waals surface area contributed by atoms with Crippen LogP contribution in [0.2, 0.25) is 0 Å². The number of aliphatic hydroxyl groups excluding tert-OH is 2. The van der Waals surface area contributed by atoms with Crippen molar-refractivity contribution in [2.45, 2.75) is 38.3 Å². The van der Waals surface area contributed by atoms with E-state index in [1.54, 1.807) is 13.0 Å². The highest BCUT2D eigenvalue weighted by atomic mass is 16.3. The SMILES string of the molecule is CC(O)c1ccc(C#N)cc1N1CCCCC1CO. The Balaban J connectivity index is 2.43. The zero-order chi connectivity index (χ0) is 13.8. The lowest BCUT2D eigenvalue weighted by Crippen LogP contribution is -2.42. The van der Waals surface area contributed by atoms with Crippen LogP contribution < -0.4 is 4.90 Å². The van der Waals surface area contributed by atoms with E-state index < -0.39 is 6.10 Å². The van der Waals surface area contributed by atoms with Gasteiger partial charge in [-0.25, -0.2) is 0 Å². The molecule has 1 saturated heterocycles. The summed E-state index contributed by atoms with van der Waals surface area (Å²) in [6.45, 7) is 2.69. The van der Waals surface area contributed by atoms with Crippen molar-refractivity contribution in [2.24, 2.45) is 0 Å². The molecule has 1 aromatic carbocycles. The largest absolute Gasteiger partial charge is 0.394 e. The summed E-state index contributed by atoms with van der Waals surface area (Å²) in [5.74, 6) is 0. The number of rotatable bonds is 3.